The molecule has 30 heavy (non-hydrogen) atoms. The maximum Gasteiger partial charge on any atom is 0.319 e. The second-order valence-electron chi connectivity index (χ2n) is 6.89. The van der Waals surface area contributed by atoms with Crippen molar-refractivity contribution in [1.29, 1.82) is 0 Å². The van der Waals surface area contributed by atoms with E-state index in [1.54, 1.807) is 31.3 Å². The van der Waals surface area contributed by atoms with Gasteiger partial charge in [0.15, 0.2) is 0 Å². The van der Waals surface area contributed by atoms with E-state index in [0.717, 1.165) is 22.4 Å². The number of nitrogens with zero attached hydrogens (tertiary/aromatic N) is 1. The van der Waals surface area contributed by atoms with Crippen molar-refractivity contribution in [3.63, 3.8) is 0 Å². The molecule has 2 aromatic carbocycles. The molecule has 0 aliphatic heterocycles. The van der Waals surface area contributed by atoms with Gasteiger partial charge < -0.3 is 20.7 Å². The number of amides is 3. The minimum absolute atomic E-state index is 0.265. The van der Waals surface area contributed by atoms with Crippen LogP contribution in [0.15, 0.2) is 60.8 Å². The second-order valence-corrected chi connectivity index (χ2v) is 6.89. The summed E-state index contributed by atoms with van der Waals surface area (Å²) in [6.45, 7) is 4.36. The minimum Gasteiger partial charge on any atom is -0.457 e. The molecule has 3 N–H and O–H groups in total. The highest BCUT2D eigenvalue weighted by atomic mass is 16.5. The Labute approximate surface area is 175 Å². The maximum atomic E-state index is 12.1. The topological polar surface area (TPSA) is 92.4 Å². The van der Waals surface area contributed by atoms with Gasteiger partial charge in [-0.3, -0.25) is 9.78 Å². The van der Waals surface area contributed by atoms with Crippen molar-refractivity contribution in [1.82, 2.24) is 15.6 Å². The average molecular weight is 404 g/mol. The van der Waals surface area contributed by atoms with Crippen molar-refractivity contribution in [3.8, 4) is 11.5 Å². The molecule has 3 amide bonds. The number of carbonyl (C=O) groups excluding carboxylic acids is 2. The van der Waals surface area contributed by atoms with Crippen LogP contribution >= 0.6 is 0 Å². The van der Waals surface area contributed by atoms with Crippen LogP contribution in [0.1, 0.15) is 27.2 Å². The molecule has 3 aromatic rings. The van der Waals surface area contributed by atoms with Crippen molar-refractivity contribution in [2.24, 2.45) is 0 Å². The number of pyridine rings is 1. The molecule has 0 unspecified atom stereocenters. The SMILES string of the molecule is CNC(=O)c1cc(Oc2ccc(CNC(=O)Nc3cc(C)cc(C)c3)cc2)ccn1. The van der Waals surface area contributed by atoms with E-state index in [1.807, 2.05) is 38.1 Å². The smallest absolute Gasteiger partial charge is 0.319 e. The van der Waals surface area contributed by atoms with Crippen LogP contribution in [-0.4, -0.2) is 24.0 Å². The predicted molar refractivity (Wildman–Crippen MR) is 116 cm³/mol. The molecule has 154 valence electrons. The molecule has 0 aliphatic rings. The van der Waals surface area contributed by atoms with E-state index in [-0.39, 0.29) is 17.6 Å². The van der Waals surface area contributed by atoms with E-state index in [4.69, 9.17) is 4.74 Å². The Balaban J connectivity index is 1.54. The Morgan fingerprint density at radius 1 is 0.933 bits per heavy atom. The van der Waals surface area contributed by atoms with Crippen LogP contribution in [0.25, 0.3) is 0 Å². The molecule has 3 rings (SSSR count). The molecule has 0 fully saturated rings. The molecule has 0 atom stereocenters. The zero-order chi connectivity index (χ0) is 21.5. The normalized spacial score (nSPS) is 10.2. The van der Waals surface area contributed by atoms with Crippen LogP contribution in [0.3, 0.4) is 0 Å². The van der Waals surface area contributed by atoms with Crippen molar-refractivity contribution < 1.29 is 14.3 Å². The summed E-state index contributed by atoms with van der Waals surface area (Å²) >= 11 is 0. The number of aryl methyl sites for hydroxylation is 2. The molecule has 0 aliphatic carbocycles. The van der Waals surface area contributed by atoms with Gasteiger partial charge in [0.05, 0.1) is 0 Å². The number of rotatable bonds is 6. The summed E-state index contributed by atoms with van der Waals surface area (Å²) in [5.74, 6) is 0.857. The number of carbonyl (C=O) groups is 2. The van der Waals surface area contributed by atoms with E-state index in [0.29, 0.717) is 18.0 Å². The highest BCUT2D eigenvalue weighted by Gasteiger charge is 2.07. The van der Waals surface area contributed by atoms with E-state index in [2.05, 4.69) is 27.0 Å². The van der Waals surface area contributed by atoms with Gasteiger partial charge in [-0.25, -0.2) is 4.79 Å². The van der Waals surface area contributed by atoms with E-state index >= 15 is 0 Å². The first-order valence-electron chi connectivity index (χ1n) is 9.51. The Kier molecular flexibility index (Phi) is 6.64. The lowest BCUT2D eigenvalue weighted by Gasteiger charge is -2.10. The van der Waals surface area contributed by atoms with E-state index in [9.17, 15) is 9.59 Å². The van der Waals surface area contributed by atoms with E-state index < -0.39 is 0 Å². The summed E-state index contributed by atoms with van der Waals surface area (Å²) in [6, 6.07) is 16.2. The van der Waals surface area contributed by atoms with Gasteiger partial charge in [-0.15, -0.1) is 0 Å². The van der Waals surface area contributed by atoms with Crippen molar-refractivity contribution in [3.05, 3.63) is 83.2 Å². The monoisotopic (exact) mass is 404 g/mol. The highest BCUT2D eigenvalue weighted by Crippen LogP contribution is 2.22. The van der Waals surface area contributed by atoms with Gasteiger partial charge >= 0.3 is 6.03 Å². The van der Waals surface area contributed by atoms with Gasteiger partial charge in [0.2, 0.25) is 0 Å². The lowest BCUT2D eigenvalue weighted by Crippen LogP contribution is -2.28. The number of ether oxygens (including phenoxy) is 1. The summed E-state index contributed by atoms with van der Waals surface area (Å²) in [7, 11) is 1.55. The standard InChI is InChI=1S/C23H24N4O3/c1-15-10-16(2)12-18(11-15)27-23(29)26-14-17-4-6-19(7-5-17)30-20-8-9-25-21(13-20)22(28)24-3/h4-13H,14H2,1-3H3,(H,24,28)(H2,26,27,29). The molecule has 0 saturated carbocycles. The van der Waals surface area contributed by atoms with Crippen molar-refractivity contribution in [2.75, 3.05) is 12.4 Å². The summed E-state index contributed by atoms with van der Waals surface area (Å²) in [6.07, 6.45) is 1.52. The third kappa shape index (κ3) is 5.81. The van der Waals surface area contributed by atoms with Gasteiger partial charge in [-0.1, -0.05) is 18.2 Å². The van der Waals surface area contributed by atoms with Crippen LogP contribution in [0.4, 0.5) is 10.5 Å². The first-order valence-corrected chi connectivity index (χ1v) is 9.51. The fourth-order valence-corrected chi connectivity index (χ4v) is 2.94. The lowest BCUT2D eigenvalue weighted by atomic mass is 10.1. The first-order chi connectivity index (χ1) is 14.4. The van der Waals surface area contributed by atoms with Gasteiger partial charge in [-0.05, 0) is 60.9 Å². The van der Waals surface area contributed by atoms with Crippen LogP contribution in [0.5, 0.6) is 11.5 Å². The first kappa shape index (κ1) is 20.9. The number of hydrogen-bond acceptors (Lipinski definition) is 4. The molecule has 7 nitrogen and oxygen atoms in total. The largest absolute Gasteiger partial charge is 0.457 e. The molecule has 0 saturated heterocycles. The highest BCUT2D eigenvalue weighted by molar-refractivity contribution is 5.92. The summed E-state index contributed by atoms with van der Waals surface area (Å²) in [4.78, 5) is 27.8. The van der Waals surface area contributed by atoms with E-state index in [1.165, 1.54) is 6.20 Å². The Morgan fingerprint density at radius 3 is 2.30 bits per heavy atom. The molecule has 0 bridgehead atoms. The molecule has 1 aromatic heterocycles. The van der Waals surface area contributed by atoms with Crippen LogP contribution in [0, 0.1) is 13.8 Å². The van der Waals surface area contributed by atoms with Crippen LogP contribution < -0.4 is 20.7 Å². The summed E-state index contributed by atoms with van der Waals surface area (Å²) in [5, 5.41) is 8.21. The fraction of sp³-hybridized carbons (Fsp3) is 0.174. The number of anilines is 1. The fourth-order valence-electron chi connectivity index (χ4n) is 2.94. The zero-order valence-corrected chi connectivity index (χ0v) is 17.2. The minimum atomic E-state index is -0.277. The molecule has 0 radical (unpaired) electrons. The number of aromatic nitrogens is 1. The number of urea groups is 1. The molecular weight excluding hydrogens is 380 g/mol. The zero-order valence-electron chi connectivity index (χ0n) is 17.2. The average Bonchev–Trinajstić information content (AvgIpc) is 2.72. The lowest BCUT2D eigenvalue weighted by molar-refractivity contribution is 0.0958. The molecule has 0 spiro atoms. The van der Waals surface area contributed by atoms with Crippen LogP contribution in [-0.2, 0) is 6.54 Å². The molecule has 7 heteroatoms. The molecule has 1 heterocycles. The van der Waals surface area contributed by atoms with Crippen LogP contribution in [0.2, 0.25) is 0 Å². The Morgan fingerprint density at radius 2 is 1.63 bits per heavy atom. The van der Waals surface area contributed by atoms with Gasteiger partial charge in [0.1, 0.15) is 17.2 Å². The van der Waals surface area contributed by atoms with Gasteiger partial charge in [-0.2, -0.15) is 0 Å². The predicted octanol–water partition coefficient (Wildman–Crippen LogP) is 4.17. The Hall–Kier alpha value is -3.87. The Bertz CT molecular complexity index is 1030. The van der Waals surface area contributed by atoms with Gasteiger partial charge in [0.25, 0.3) is 5.91 Å². The third-order valence-electron chi connectivity index (χ3n) is 4.28. The summed E-state index contributed by atoms with van der Waals surface area (Å²) in [5.41, 5.74) is 4.17. The third-order valence-corrected chi connectivity index (χ3v) is 4.28. The van der Waals surface area contributed by atoms with Crippen molar-refractivity contribution >= 4 is 17.6 Å². The second kappa shape index (κ2) is 9.56. The maximum absolute atomic E-state index is 12.1. The van der Waals surface area contributed by atoms with Crippen molar-refractivity contribution in [2.45, 2.75) is 20.4 Å². The van der Waals surface area contributed by atoms with Gasteiger partial charge in [0, 0.05) is 31.5 Å². The quantitative estimate of drug-likeness (QED) is 0.575. The summed E-state index contributed by atoms with van der Waals surface area (Å²) < 4.78 is 5.78. The number of benzene rings is 2. The number of hydrogen-bond donors (Lipinski definition) is 3. The number of nitrogens with one attached hydrogen (secondary N) is 3. The molecular formula is C23H24N4O3.